The van der Waals surface area contributed by atoms with Gasteiger partial charge < -0.3 is 20.7 Å². The standard InChI is InChI=1S/C32H27ClFN3O4S/c1-20(30(38)36-24-12-17-28(34)27(33)19-24)42-26-15-10-23(11-16-26)35-32(40)29(18-21-8-13-25(41-2)14-9-21)37-31(39)22-6-4-3-5-7-22/h3-20H,1-2H3,(H,35,40)(H,36,38)(H,37,39)/b29-18-. The SMILES string of the molecule is COc1ccc(/C=C(\NC(=O)c2ccccc2)C(=O)Nc2ccc(SC(C)C(=O)Nc3ccc(F)c(Cl)c3)cc2)cc1. The summed E-state index contributed by atoms with van der Waals surface area (Å²) < 4.78 is 18.6. The predicted molar refractivity (Wildman–Crippen MR) is 165 cm³/mol. The van der Waals surface area contributed by atoms with E-state index in [0.717, 1.165) is 4.90 Å². The minimum atomic E-state index is -0.564. The summed E-state index contributed by atoms with van der Waals surface area (Å²) in [5.41, 5.74) is 2.05. The normalized spacial score (nSPS) is 11.8. The first-order valence-corrected chi connectivity index (χ1v) is 14.0. The van der Waals surface area contributed by atoms with Gasteiger partial charge in [0.1, 0.15) is 17.3 Å². The van der Waals surface area contributed by atoms with Crippen molar-refractivity contribution in [1.82, 2.24) is 5.32 Å². The molecule has 0 aliphatic rings. The van der Waals surface area contributed by atoms with Crippen molar-refractivity contribution in [3.8, 4) is 5.75 Å². The number of halogens is 2. The molecule has 0 spiro atoms. The Morgan fingerprint density at radius 3 is 2.19 bits per heavy atom. The number of carbonyl (C=O) groups is 3. The van der Waals surface area contributed by atoms with Gasteiger partial charge >= 0.3 is 0 Å². The van der Waals surface area contributed by atoms with Crippen LogP contribution in [0.1, 0.15) is 22.8 Å². The highest BCUT2D eigenvalue weighted by Crippen LogP contribution is 2.27. The van der Waals surface area contributed by atoms with Crippen LogP contribution in [0.3, 0.4) is 0 Å². The zero-order chi connectivity index (χ0) is 30.1. The zero-order valence-corrected chi connectivity index (χ0v) is 24.3. The molecule has 0 heterocycles. The first-order valence-electron chi connectivity index (χ1n) is 12.8. The third-order valence-electron chi connectivity index (χ3n) is 5.94. The number of thioether (sulfide) groups is 1. The van der Waals surface area contributed by atoms with E-state index in [9.17, 15) is 18.8 Å². The van der Waals surface area contributed by atoms with Gasteiger partial charge in [-0.15, -0.1) is 11.8 Å². The van der Waals surface area contributed by atoms with E-state index in [2.05, 4.69) is 16.0 Å². The minimum Gasteiger partial charge on any atom is -0.497 e. The van der Waals surface area contributed by atoms with Crippen LogP contribution in [-0.4, -0.2) is 30.1 Å². The van der Waals surface area contributed by atoms with Crippen molar-refractivity contribution in [3.63, 3.8) is 0 Å². The number of nitrogens with one attached hydrogen (secondary N) is 3. The quantitative estimate of drug-likeness (QED) is 0.134. The van der Waals surface area contributed by atoms with Crippen molar-refractivity contribution in [2.45, 2.75) is 17.1 Å². The van der Waals surface area contributed by atoms with Crippen LogP contribution in [0.15, 0.2) is 108 Å². The lowest BCUT2D eigenvalue weighted by Gasteiger charge is -2.14. The van der Waals surface area contributed by atoms with Gasteiger partial charge in [0.05, 0.1) is 17.4 Å². The molecule has 0 fully saturated rings. The Kier molecular flexibility index (Phi) is 10.4. The Balaban J connectivity index is 1.43. The monoisotopic (exact) mass is 603 g/mol. The molecule has 1 unspecified atom stereocenters. The van der Waals surface area contributed by atoms with Gasteiger partial charge in [0, 0.05) is 21.8 Å². The van der Waals surface area contributed by atoms with Crippen LogP contribution >= 0.6 is 23.4 Å². The molecule has 0 bridgehead atoms. The molecular weight excluding hydrogens is 577 g/mol. The van der Waals surface area contributed by atoms with E-state index in [4.69, 9.17) is 16.3 Å². The number of carbonyl (C=O) groups excluding carboxylic acids is 3. The molecule has 3 N–H and O–H groups in total. The Labute approximate surface area is 252 Å². The van der Waals surface area contributed by atoms with Crippen LogP contribution in [0.25, 0.3) is 6.08 Å². The second-order valence-corrected chi connectivity index (χ2v) is 10.8. The van der Waals surface area contributed by atoms with Crippen molar-refractivity contribution in [3.05, 3.63) is 125 Å². The largest absolute Gasteiger partial charge is 0.497 e. The molecule has 4 aromatic rings. The van der Waals surface area contributed by atoms with Crippen molar-refractivity contribution in [2.24, 2.45) is 0 Å². The van der Waals surface area contributed by atoms with E-state index in [1.807, 2.05) is 0 Å². The number of rotatable bonds is 10. The zero-order valence-electron chi connectivity index (χ0n) is 22.7. The van der Waals surface area contributed by atoms with E-state index in [-0.39, 0.29) is 16.6 Å². The number of ether oxygens (including phenoxy) is 1. The first-order chi connectivity index (χ1) is 20.2. The van der Waals surface area contributed by atoms with Crippen molar-refractivity contribution >= 4 is 58.5 Å². The highest BCUT2D eigenvalue weighted by Gasteiger charge is 2.17. The van der Waals surface area contributed by atoms with Crippen LogP contribution < -0.4 is 20.7 Å². The Hall–Kier alpha value is -4.60. The van der Waals surface area contributed by atoms with Gasteiger partial charge in [-0.05, 0) is 85.3 Å². The summed E-state index contributed by atoms with van der Waals surface area (Å²) in [5, 5.41) is 7.69. The van der Waals surface area contributed by atoms with Crippen molar-refractivity contribution in [2.75, 3.05) is 17.7 Å². The highest BCUT2D eigenvalue weighted by molar-refractivity contribution is 8.00. The predicted octanol–water partition coefficient (Wildman–Crippen LogP) is 7.02. The molecule has 3 amide bonds. The van der Waals surface area contributed by atoms with E-state index in [1.54, 1.807) is 99.0 Å². The maximum Gasteiger partial charge on any atom is 0.272 e. The molecule has 0 aliphatic heterocycles. The molecule has 0 radical (unpaired) electrons. The molecule has 0 aliphatic carbocycles. The Morgan fingerprint density at radius 1 is 0.881 bits per heavy atom. The van der Waals surface area contributed by atoms with Gasteiger partial charge in [-0.3, -0.25) is 14.4 Å². The third-order valence-corrected chi connectivity index (χ3v) is 7.34. The fourth-order valence-electron chi connectivity index (χ4n) is 3.70. The van der Waals surface area contributed by atoms with E-state index in [0.29, 0.717) is 28.3 Å². The molecule has 10 heteroatoms. The van der Waals surface area contributed by atoms with Crippen LogP contribution in [-0.2, 0) is 9.59 Å². The summed E-state index contributed by atoms with van der Waals surface area (Å²) in [6.07, 6.45) is 1.58. The smallest absolute Gasteiger partial charge is 0.272 e. The lowest BCUT2D eigenvalue weighted by atomic mass is 10.1. The van der Waals surface area contributed by atoms with Crippen LogP contribution in [0.2, 0.25) is 5.02 Å². The summed E-state index contributed by atoms with van der Waals surface area (Å²) in [7, 11) is 1.56. The topological polar surface area (TPSA) is 96.5 Å². The van der Waals surface area contributed by atoms with E-state index >= 15 is 0 Å². The van der Waals surface area contributed by atoms with E-state index < -0.39 is 22.9 Å². The Morgan fingerprint density at radius 2 is 1.55 bits per heavy atom. The first kappa shape index (κ1) is 30.4. The molecular formula is C32H27ClFN3O4S. The average molecular weight is 604 g/mol. The second-order valence-electron chi connectivity index (χ2n) is 9.01. The Bertz CT molecular complexity index is 1600. The second kappa shape index (κ2) is 14.3. The fourth-order valence-corrected chi connectivity index (χ4v) is 4.75. The van der Waals surface area contributed by atoms with Gasteiger partial charge in [-0.2, -0.15) is 0 Å². The average Bonchev–Trinajstić information content (AvgIpc) is 3.00. The lowest BCUT2D eigenvalue weighted by Crippen LogP contribution is -2.30. The minimum absolute atomic E-state index is 0.0543. The molecule has 4 rings (SSSR count). The summed E-state index contributed by atoms with van der Waals surface area (Å²) in [6.45, 7) is 1.74. The number of anilines is 2. The summed E-state index contributed by atoms with van der Waals surface area (Å²) in [5.74, 6) is -1.11. The molecule has 1 atom stereocenters. The van der Waals surface area contributed by atoms with Crippen LogP contribution in [0.5, 0.6) is 5.75 Å². The molecule has 0 aromatic heterocycles. The molecule has 0 saturated carbocycles. The summed E-state index contributed by atoms with van der Waals surface area (Å²) in [4.78, 5) is 39.5. The number of amides is 3. The van der Waals surface area contributed by atoms with Gasteiger partial charge in [-0.25, -0.2) is 4.39 Å². The highest BCUT2D eigenvalue weighted by atomic mass is 35.5. The van der Waals surface area contributed by atoms with Gasteiger partial charge in [0.15, 0.2) is 0 Å². The van der Waals surface area contributed by atoms with Crippen molar-refractivity contribution in [1.29, 1.82) is 0 Å². The molecule has 42 heavy (non-hydrogen) atoms. The fraction of sp³-hybridized carbons (Fsp3) is 0.0938. The number of methoxy groups -OCH3 is 1. The third kappa shape index (κ3) is 8.45. The number of hydrogen-bond acceptors (Lipinski definition) is 5. The number of hydrogen-bond donors (Lipinski definition) is 3. The number of benzene rings is 4. The summed E-state index contributed by atoms with van der Waals surface area (Å²) >= 11 is 7.10. The van der Waals surface area contributed by atoms with Gasteiger partial charge in [0.25, 0.3) is 11.8 Å². The lowest BCUT2D eigenvalue weighted by molar-refractivity contribution is -0.115. The molecule has 4 aromatic carbocycles. The van der Waals surface area contributed by atoms with Crippen LogP contribution in [0.4, 0.5) is 15.8 Å². The van der Waals surface area contributed by atoms with Crippen LogP contribution in [0, 0.1) is 5.82 Å². The summed E-state index contributed by atoms with van der Waals surface area (Å²) in [6, 6.07) is 26.6. The maximum atomic E-state index is 13.4. The van der Waals surface area contributed by atoms with Gasteiger partial charge in [0.2, 0.25) is 5.91 Å². The molecule has 0 saturated heterocycles. The molecule has 214 valence electrons. The van der Waals surface area contributed by atoms with Crippen molar-refractivity contribution < 1.29 is 23.5 Å². The molecule has 7 nitrogen and oxygen atoms in total. The van der Waals surface area contributed by atoms with E-state index in [1.165, 1.54) is 30.0 Å². The maximum absolute atomic E-state index is 13.4. The van der Waals surface area contributed by atoms with Gasteiger partial charge in [-0.1, -0.05) is 41.9 Å².